The van der Waals surface area contributed by atoms with Crippen LogP contribution < -0.4 is 5.73 Å². The summed E-state index contributed by atoms with van der Waals surface area (Å²) in [6.45, 7) is 0. The summed E-state index contributed by atoms with van der Waals surface area (Å²) in [6.07, 6.45) is 0.525. The van der Waals surface area contributed by atoms with Gasteiger partial charge in [0.05, 0.1) is 0 Å². The molecule has 1 unspecified atom stereocenters. The molecule has 1 heterocycles. The molecule has 3 aromatic rings. The first-order valence-corrected chi connectivity index (χ1v) is 7.56. The highest BCUT2D eigenvalue weighted by atomic mass is 35.5. The molecule has 0 saturated heterocycles. The van der Waals surface area contributed by atoms with Crippen molar-refractivity contribution in [2.24, 2.45) is 5.73 Å². The Morgan fingerprint density at radius 1 is 1.20 bits per heavy atom. The van der Waals surface area contributed by atoms with Crippen molar-refractivity contribution in [3.63, 3.8) is 0 Å². The van der Waals surface area contributed by atoms with E-state index in [0.29, 0.717) is 11.4 Å². The van der Waals surface area contributed by atoms with E-state index in [1.165, 1.54) is 16.8 Å². The van der Waals surface area contributed by atoms with Gasteiger partial charge in [-0.15, -0.1) is 11.3 Å². The Labute approximate surface area is 125 Å². The van der Waals surface area contributed by atoms with E-state index >= 15 is 0 Å². The van der Waals surface area contributed by atoms with E-state index in [0.717, 1.165) is 16.5 Å². The first-order chi connectivity index (χ1) is 9.65. The van der Waals surface area contributed by atoms with Crippen LogP contribution in [0.5, 0.6) is 0 Å². The maximum Gasteiger partial charge on any atom is 0.123 e. The van der Waals surface area contributed by atoms with Crippen molar-refractivity contribution in [2.45, 2.75) is 12.5 Å². The summed E-state index contributed by atoms with van der Waals surface area (Å²) in [7, 11) is 0. The van der Waals surface area contributed by atoms with Crippen LogP contribution in [0, 0.1) is 5.82 Å². The summed E-state index contributed by atoms with van der Waals surface area (Å²) in [4.78, 5) is 0. The summed E-state index contributed by atoms with van der Waals surface area (Å²) in [5, 5.41) is 3.79. The van der Waals surface area contributed by atoms with Crippen molar-refractivity contribution in [2.75, 3.05) is 0 Å². The van der Waals surface area contributed by atoms with E-state index in [9.17, 15) is 4.39 Å². The predicted molar refractivity (Wildman–Crippen MR) is 83.9 cm³/mol. The Hall–Kier alpha value is -1.42. The lowest BCUT2D eigenvalue weighted by Crippen LogP contribution is -2.13. The SMILES string of the molecule is NC(Cc1cc(F)ccc1Cl)c1csc2ccccc12. The molecule has 0 aliphatic heterocycles. The van der Waals surface area contributed by atoms with Gasteiger partial charge in [0.2, 0.25) is 0 Å². The normalized spacial score (nSPS) is 12.8. The van der Waals surface area contributed by atoms with Crippen LogP contribution in [0.2, 0.25) is 5.02 Å². The van der Waals surface area contributed by atoms with E-state index in [2.05, 4.69) is 17.5 Å². The van der Waals surface area contributed by atoms with Gasteiger partial charge < -0.3 is 5.73 Å². The molecule has 1 atom stereocenters. The van der Waals surface area contributed by atoms with Crippen LogP contribution in [0.4, 0.5) is 4.39 Å². The zero-order chi connectivity index (χ0) is 14.1. The maximum atomic E-state index is 13.3. The number of rotatable bonds is 3. The Balaban J connectivity index is 1.93. The molecule has 0 aliphatic carbocycles. The Morgan fingerprint density at radius 2 is 2.00 bits per heavy atom. The van der Waals surface area contributed by atoms with Gasteiger partial charge in [-0.25, -0.2) is 4.39 Å². The van der Waals surface area contributed by atoms with Crippen LogP contribution in [-0.4, -0.2) is 0 Å². The number of nitrogens with two attached hydrogens (primary N) is 1. The zero-order valence-electron chi connectivity index (χ0n) is 10.6. The summed E-state index contributed by atoms with van der Waals surface area (Å²) in [5.74, 6) is -0.285. The minimum atomic E-state index is -0.285. The summed E-state index contributed by atoms with van der Waals surface area (Å²) >= 11 is 7.77. The van der Waals surface area contributed by atoms with Gasteiger partial charge in [-0.1, -0.05) is 29.8 Å². The molecule has 0 fully saturated rings. The van der Waals surface area contributed by atoms with Crippen molar-refractivity contribution in [3.8, 4) is 0 Å². The van der Waals surface area contributed by atoms with Crippen molar-refractivity contribution >= 4 is 33.0 Å². The lowest BCUT2D eigenvalue weighted by Gasteiger charge is -2.12. The Morgan fingerprint density at radius 3 is 2.85 bits per heavy atom. The second-order valence-corrected chi connectivity index (χ2v) is 6.05. The van der Waals surface area contributed by atoms with Crippen LogP contribution in [0.1, 0.15) is 17.2 Å². The molecular weight excluding hydrogens is 293 g/mol. The Bertz CT molecular complexity index is 753. The number of hydrogen-bond donors (Lipinski definition) is 1. The monoisotopic (exact) mass is 305 g/mol. The Kier molecular flexibility index (Phi) is 3.74. The quantitative estimate of drug-likeness (QED) is 0.729. The van der Waals surface area contributed by atoms with Crippen LogP contribution in [0.3, 0.4) is 0 Å². The number of thiophene rings is 1. The number of fused-ring (bicyclic) bond motifs is 1. The van der Waals surface area contributed by atoms with Crippen LogP contribution in [0.15, 0.2) is 47.8 Å². The minimum absolute atomic E-state index is 0.189. The zero-order valence-corrected chi connectivity index (χ0v) is 12.2. The van der Waals surface area contributed by atoms with Gasteiger partial charge in [0.1, 0.15) is 5.82 Å². The first-order valence-electron chi connectivity index (χ1n) is 6.31. The summed E-state index contributed by atoms with van der Waals surface area (Å²) < 4.78 is 14.5. The van der Waals surface area contributed by atoms with Gasteiger partial charge in [-0.2, -0.15) is 0 Å². The van der Waals surface area contributed by atoms with Crippen molar-refractivity contribution < 1.29 is 4.39 Å². The lowest BCUT2D eigenvalue weighted by atomic mass is 9.99. The molecule has 102 valence electrons. The smallest absolute Gasteiger partial charge is 0.123 e. The average molecular weight is 306 g/mol. The van der Waals surface area contributed by atoms with Gasteiger partial charge in [-0.3, -0.25) is 0 Å². The highest BCUT2D eigenvalue weighted by Gasteiger charge is 2.14. The molecule has 2 N–H and O–H groups in total. The third-order valence-electron chi connectivity index (χ3n) is 3.36. The molecule has 0 bridgehead atoms. The largest absolute Gasteiger partial charge is 0.324 e. The van der Waals surface area contributed by atoms with E-state index in [1.807, 2.05) is 12.1 Å². The summed E-state index contributed by atoms with van der Waals surface area (Å²) in [5.41, 5.74) is 8.12. The molecule has 0 saturated carbocycles. The fourth-order valence-electron chi connectivity index (χ4n) is 2.33. The molecule has 1 nitrogen and oxygen atoms in total. The van der Waals surface area contributed by atoms with Crippen LogP contribution in [0.25, 0.3) is 10.1 Å². The van der Waals surface area contributed by atoms with E-state index < -0.39 is 0 Å². The van der Waals surface area contributed by atoms with Gasteiger partial charge in [-0.05, 0) is 52.6 Å². The van der Waals surface area contributed by atoms with Crippen molar-refractivity contribution in [1.29, 1.82) is 0 Å². The van der Waals surface area contributed by atoms with Gasteiger partial charge in [0.15, 0.2) is 0 Å². The highest BCUT2D eigenvalue weighted by molar-refractivity contribution is 7.17. The van der Waals surface area contributed by atoms with Gasteiger partial charge in [0.25, 0.3) is 0 Å². The lowest BCUT2D eigenvalue weighted by molar-refractivity contribution is 0.622. The van der Waals surface area contributed by atoms with Crippen molar-refractivity contribution in [1.82, 2.24) is 0 Å². The topological polar surface area (TPSA) is 26.0 Å². The molecule has 0 spiro atoms. The fourth-order valence-corrected chi connectivity index (χ4v) is 3.55. The second-order valence-electron chi connectivity index (χ2n) is 4.73. The van der Waals surface area contributed by atoms with E-state index in [1.54, 1.807) is 17.4 Å². The molecule has 0 radical (unpaired) electrons. The first kappa shape index (κ1) is 13.6. The highest BCUT2D eigenvalue weighted by Crippen LogP contribution is 2.31. The molecule has 1 aromatic heterocycles. The van der Waals surface area contributed by atoms with Gasteiger partial charge in [0, 0.05) is 15.8 Å². The average Bonchev–Trinajstić information content (AvgIpc) is 2.87. The van der Waals surface area contributed by atoms with E-state index in [-0.39, 0.29) is 11.9 Å². The summed E-state index contributed by atoms with van der Waals surface area (Å²) in [6, 6.07) is 12.3. The molecule has 4 heteroatoms. The second kappa shape index (κ2) is 5.52. The van der Waals surface area contributed by atoms with Crippen LogP contribution >= 0.6 is 22.9 Å². The number of hydrogen-bond acceptors (Lipinski definition) is 2. The van der Waals surface area contributed by atoms with Crippen LogP contribution in [-0.2, 0) is 6.42 Å². The molecular formula is C16H13ClFNS. The minimum Gasteiger partial charge on any atom is -0.324 e. The van der Waals surface area contributed by atoms with E-state index in [4.69, 9.17) is 17.3 Å². The number of benzene rings is 2. The predicted octanol–water partition coefficient (Wildman–Crippen LogP) is 4.94. The molecule has 3 rings (SSSR count). The third-order valence-corrected chi connectivity index (χ3v) is 4.71. The molecule has 2 aromatic carbocycles. The molecule has 0 aliphatic rings. The third kappa shape index (κ3) is 2.57. The maximum absolute atomic E-state index is 13.3. The number of halogens is 2. The molecule has 20 heavy (non-hydrogen) atoms. The standard InChI is InChI=1S/C16H13ClFNS/c17-14-6-5-11(18)7-10(14)8-15(19)13-9-20-16-4-2-1-3-12(13)16/h1-7,9,15H,8,19H2. The van der Waals surface area contributed by atoms with Crippen molar-refractivity contribution in [3.05, 3.63) is 69.8 Å². The fraction of sp³-hybridized carbons (Fsp3) is 0.125. The molecule has 0 amide bonds. The van der Waals surface area contributed by atoms with Gasteiger partial charge >= 0.3 is 0 Å².